The van der Waals surface area contributed by atoms with Gasteiger partial charge in [0.1, 0.15) is 12.1 Å². The standard InChI is InChI=1S/C16H17N5/c1-2-6-13(7-3-1)11-21-16-14(10-19-21)15(17-12-18-16)20-8-4-5-9-20/h1-3,6-7,10,12H,4-5,8-9,11H2. The molecule has 2 aromatic heterocycles. The number of aromatic nitrogens is 4. The molecule has 0 N–H and O–H groups in total. The summed E-state index contributed by atoms with van der Waals surface area (Å²) in [5.41, 5.74) is 2.14. The minimum absolute atomic E-state index is 0.737. The van der Waals surface area contributed by atoms with E-state index in [4.69, 9.17) is 0 Å². The lowest BCUT2D eigenvalue weighted by atomic mass is 10.2. The highest BCUT2D eigenvalue weighted by atomic mass is 15.3. The second-order valence-corrected chi connectivity index (χ2v) is 5.42. The molecule has 0 amide bonds. The van der Waals surface area contributed by atoms with Gasteiger partial charge in [-0.3, -0.25) is 0 Å². The van der Waals surface area contributed by atoms with E-state index < -0.39 is 0 Å². The lowest BCUT2D eigenvalue weighted by Crippen LogP contribution is -2.19. The van der Waals surface area contributed by atoms with Gasteiger partial charge < -0.3 is 4.90 Å². The maximum atomic E-state index is 4.51. The van der Waals surface area contributed by atoms with Crippen molar-refractivity contribution in [1.29, 1.82) is 0 Å². The molecule has 5 nitrogen and oxygen atoms in total. The summed E-state index contributed by atoms with van der Waals surface area (Å²) in [5, 5.41) is 5.56. The Morgan fingerprint density at radius 1 is 1.00 bits per heavy atom. The largest absolute Gasteiger partial charge is 0.356 e. The molecular formula is C16H17N5. The fraction of sp³-hybridized carbons (Fsp3) is 0.312. The van der Waals surface area contributed by atoms with Crippen LogP contribution in [0.15, 0.2) is 42.9 Å². The highest BCUT2D eigenvalue weighted by Crippen LogP contribution is 2.25. The molecule has 1 aliphatic rings. The van der Waals surface area contributed by atoms with E-state index >= 15 is 0 Å². The maximum absolute atomic E-state index is 4.51. The summed E-state index contributed by atoms with van der Waals surface area (Å²) in [4.78, 5) is 11.2. The van der Waals surface area contributed by atoms with Crippen molar-refractivity contribution in [2.75, 3.05) is 18.0 Å². The number of nitrogens with zero attached hydrogens (tertiary/aromatic N) is 5. The summed E-state index contributed by atoms with van der Waals surface area (Å²) in [6, 6.07) is 10.3. The van der Waals surface area contributed by atoms with Crippen molar-refractivity contribution in [1.82, 2.24) is 19.7 Å². The van der Waals surface area contributed by atoms with E-state index in [1.165, 1.54) is 18.4 Å². The van der Waals surface area contributed by atoms with Crippen LogP contribution in [0.1, 0.15) is 18.4 Å². The fourth-order valence-corrected chi connectivity index (χ4v) is 2.93. The van der Waals surface area contributed by atoms with Crippen LogP contribution < -0.4 is 4.90 Å². The Kier molecular flexibility index (Phi) is 3.03. The third-order valence-corrected chi connectivity index (χ3v) is 3.99. The topological polar surface area (TPSA) is 46.8 Å². The molecule has 1 saturated heterocycles. The molecule has 0 aliphatic carbocycles. The van der Waals surface area contributed by atoms with Gasteiger partial charge in [0.2, 0.25) is 0 Å². The quantitative estimate of drug-likeness (QED) is 0.739. The van der Waals surface area contributed by atoms with Gasteiger partial charge in [-0.05, 0) is 18.4 Å². The molecule has 0 spiro atoms. The van der Waals surface area contributed by atoms with Crippen molar-refractivity contribution < 1.29 is 0 Å². The third kappa shape index (κ3) is 2.24. The molecule has 4 rings (SSSR count). The van der Waals surface area contributed by atoms with Gasteiger partial charge in [-0.15, -0.1) is 0 Å². The minimum Gasteiger partial charge on any atom is -0.356 e. The van der Waals surface area contributed by atoms with Gasteiger partial charge >= 0.3 is 0 Å². The summed E-state index contributed by atoms with van der Waals surface area (Å²) in [6.07, 6.45) is 6.03. The molecule has 3 heterocycles. The summed E-state index contributed by atoms with van der Waals surface area (Å²) in [5.74, 6) is 1.02. The van der Waals surface area contributed by atoms with Gasteiger partial charge in [-0.2, -0.15) is 5.10 Å². The Morgan fingerprint density at radius 2 is 1.81 bits per heavy atom. The van der Waals surface area contributed by atoms with E-state index in [-0.39, 0.29) is 0 Å². The number of fused-ring (bicyclic) bond motifs is 1. The average Bonchev–Trinajstić information content (AvgIpc) is 3.18. The Morgan fingerprint density at radius 3 is 2.62 bits per heavy atom. The Hall–Kier alpha value is -2.43. The summed E-state index contributed by atoms with van der Waals surface area (Å²) >= 11 is 0. The van der Waals surface area contributed by atoms with Crippen LogP contribution in [-0.2, 0) is 6.54 Å². The first-order valence-electron chi connectivity index (χ1n) is 7.37. The van der Waals surface area contributed by atoms with Crippen LogP contribution in [0.25, 0.3) is 11.0 Å². The van der Waals surface area contributed by atoms with Crippen LogP contribution in [0.5, 0.6) is 0 Å². The zero-order valence-electron chi connectivity index (χ0n) is 11.8. The van der Waals surface area contributed by atoms with Crippen molar-refractivity contribution in [3.8, 4) is 0 Å². The Labute approximate surface area is 123 Å². The fourth-order valence-electron chi connectivity index (χ4n) is 2.93. The van der Waals surface area contributed by atoms with Crippen molar-refractivity contribution >= 4 is 16.9 Å². The summed E-state index contributed by atoms with van der Waals surface area (Å²) in [7, 11) is 0. The van der Waals surface area contributed by atoms with Gasteiger partial charge in [-0.1, -0.05) is 30.3 Å². The van der Waals surface area contributed by atoms with Gasteiger partial charge in [-0.25, -0.2) is 14.6 Å². The first-order valence-corrected chi connectivity index (χ1v) is 7.37. The Balaban J connectivity index is 1.73. The highest BCUT2D eigenvalue weighted by Gasteiger charge is 2.18. The minimum atomic E-state index is 0.737. The van der Waals surface area contributed by atoms with E-state index in [1.54, 1.807) is 6.33 Å². The molecule has 0 atom stereocenters. The monoisotopic (exact) mass is 279 g/mol. The average molecular weight is 279 g/mol. The predicted molar refractivity (Wildman–Crippen MR) is 82.3 cm³/mol. The molecule has 0 saturated carbocycles. The molecule has 0 radical (unpaired) electrons. The van der Waals surface area contributed by atoms with E-state index in [1.807, 2.05) is 29.1 Å². The van der Waals surface area contributed by atoms with E-state index in [0.717, 1.165) is 36.5 Å². The first kappa shape index (κ1) is 12.3. The van der Waals surface area contributed by atoms with Crippen LogP contribution in [-0.4, -0.2) is 32.8 Å². The SMILES string of the molecule is c1ccc(Cn2ncc3c(N4CCCC4)ncnc32)cc1. The molecule has 5 heteroatoms. The molecule has 1 aliphatic heterocycles. The molecule has 21 heavy (non-hydrogen) atoms. The number of hydrogen-bond acceptors (Lipinski definition) is 4. The second kappa shape index (κ2) is 5.16. The zero-order chi connectivity index (χ0) is 14.1. The third-order valence-electron chi connectivity index (χ3n) is 3.99. The summed E-state index contributed by atoms with van der Waals surface area (Å²) < 4.78 is 1.95. The molecule has 0 bridgehead atoms. The second-order valence-electron chi connectivity index (χ2n) is 5.42. The zero-order valence-corrected chi connectivity index (χ0v) is 11.8. The van der Waals surface area contributed by atoms with E-state index in [9.17, 15) is 0 Å². The van der Waals surface area contributed by atoms with E-state index in [0.29, 0.717) is 0 Å². The lowest BCUT2D eigenvalue weighted by Gasteiger charge is -2.16. The molecule has 1 fully saturated rings. The molecule has 106 valence electrons. The van der Waals surface area contributed by atoms with Gasteiger partial charge in [0.15, 0.2) is 5.65 Å². The molecule has 3 aromatic rings. The Bertz CT molecular complexity index is 744. The lowest BCUT2D eigenvalue weighted by molar-refractivity contribution is 0.703. The highest BCUT2D eigenvalue weighted by molar-refractivity contribution is 5.86. The number of anilines is 1. The van der Waals surface area contributed by atoms with Crippen LogP contribution in [0, 0.1) is 0 Å². The van der Waals surface area contributed by atoms with E-state index in [2.05, 4.69) is 32.1 Å². The maximum Gasteiger partial charge on any atom is 0.163 e. The van der Waals surface area contributed by atoms with Crippen molar-refractivity contribution in [3.05, 3.63) is 48.4 Å². The molecule has 1 aromatic carbocycles. The van der Waals surface area contributed by atoms with Crippen molar-refractivity contribution in [2.24, 2.45) is 0 Å². The van der Waals surface area contributed by atoms with Gasteiger partial charge in [0.05, 0.1) is 18.1 Å². The normalized spacial score (nSPS) is 15.0. The predicted octanol–water partition coefficient (Wildman–Crippen LogP) is 2.47. The number of hydrogen-bond donors (Lipinski definition) is 0. The van der Waals surface area contributed by atoms with Crippen LogP contribution in [0.3, 0.4) is 0 Å². The van der Waals surface area contributed by atoms with Crippen LogP contribution in [0.4, 0.5) is 5.82 Å². The van der Waals surface area contributed by atoms with Crippen LogP contribution >= 0.6 is 0 Å². The van der Waals surface area contributed by atoms with Gasteiger partial charge in [0, 0.05) is 13.1 Å². The number of rotatable bonds is 3. The number of benzene rings is 1. The van der Waals surface area contributed by atoms with Crippen LogP contribution in [0.2, 0.25) is 0 Å². The molecular weight excluding hydrogens is 262 g/mol. The summed E-state index contributed by atoms with van der Waals surface area (Å²) in [6.45, 7) is 2.90. The smallest absolute Gasteiger partial charge is 0.163 e. The molecule has 0 unspecified atom stereocenters. The van der Waals surface area contributed by atoms with Crippen molar-refractivity contribution in [3.63, 3.8) is 0 Å². The van der Waals surface area contributed by atoms with Gasteiger partial charge in [0.25, 0.3) is 0 Å². The van der Waals surface area contributed by atoms with Crippen molar-refractivity contribution in [2.45, 2.75) is 19.4 Å². The first-order chi connectivity index (χ1) is 10.4.